The van der Waals surface area contributed by atoms with Gasteiger partial charge in [-0.1, -0.05) is 0 Å². The van der Waals surface area contributed by atoms with E-state index >= 15 is 0 Å². The van der Waals surface area contributed by atoms with E-state index < -0.39 is 15.9 Å². The number of halogens is 1. The minimum atomic E-state index is -3.96. The third-order valence-electron chi connectivity index (χ3n) is 3.94. The molecule has 1 aliphatic rings. The van der Waals surface area contributed by atoms with E-state index in [1.54, 1.807) is 37.0 Å². The van der Waals surface area contributed by atoms with Crippen LogP contribution in [0.25, 0.3) is 0 Å². The van der Waals surface area contributed by atoms with Gasteiger partial charge in [0.05, 0.1) is 11.3 Å². The van der Waals surface area contributed by atoms with Crippen LogP contribution in [0, 0.1) is 0 Å². The van der Waals surface area contributed by atoms with Crippen molar-refractivity contribution in [1.82, 2.24) is 14.8 Å². The van der Waals surface area contributed by atoms with Crippen LogP contribution in [0.2, 0.25) is 0 Å². The number of anilines is 1. The second-order valence-electron chi connectivity index (χ2n) is 5.63. The smallest absolute Gasteiger partial charge is 0.282 e. The second-order valence-corrected chi connectivity index (χ2v) is 8.23. The molecular formula is C15H15BrN4O4S. The number of sulfonamides is 1. The number of hydrogen-bond acceptors (Lipinski definition) is 4. The number of carbonyl (C=O) groups is 2. The first-order valence-corrected chi connectivity index (χ1v) is 9.50. The van der Waals surface area contributed by atoms with Crippen molar-refractivity contribution >= 4 is 43.5 Å². The Bertz CT molecular complexity index is 983. The Kier molecular flexibility index (Phi) is 4.43. The maximum atomic E-state index is 12.4. The zero-order chi connectivity index (χ0) is 18.4. The number of rotatable bonds is 4. The first kappa shape index (κ1) is 17.6. The molecule has 132 valence electrons. The summed E-state index contributed by atoms with van der Waals surface area (Å²) in [6, 6.07) is 5.97. The number of aryl methyl sites for hydroxylation is 1. The van der Waals surface area contributed by atoms with E-state index in [4.69, 9.17) is 0 Å². The van der Waals surface area contributed by atoms with Gasteiger partial charge in [-0.05, 0) is 45.8 Å². The normalized spacial score (nSPS) is 13.9. The zero-order valence-corrected chi connectivity index (χ0v) is 15.8. The van der Waals surface area contributed by atoms with Gasteiger partial charge in [0.1, 0.15) is 5.69 Å². The maximum absolute atomic E-state index is 12.4. The van der Waals surface area contributed by atoms with Crippen LogP contribution in [-0.2, 0) is 28.3 Å². The molecule has 0 atom stereocenters. The van der Waals surface area contributed by atoms with Gasteiger partial charge in [0.15, 0.2) is 0 Å². The quantitative estimate of drug-likeness (QED) is 0.710. The molecule has 2 N–H and O–H groups in total. The van der Waals surface area contributed by atoms with Crippen LogP contribution in [0.1, 0.15) is 16.1 Å². The summed E-state index contributed by atoms with van der Waals surface area (Å²) < 4.78 is 27.0. The molecule has 2 amide bonds. The molecule has 10 heteroatoms. The van der Waals surface area contributed by atoms with Crippen LogP contribution < -0.4 is 15.2 Å². The Hall–Kier alpha value is -2.17. The second kappa shape index (κ2) is 6.28. The molecule has 2 heterocycles. The van der Waals surface area contributed by atoms with Crippen molar-refractivity contribution in [3.05, 3.63) is 46.2 Å². The van der Waals surface area contributed by atoms with E-state index in [0.717, 1.165) is 0 Å². The number of hydrogen-bond donors (Lipinski definition) is 2. The summed E-state index contributed by atoms with van der Waals surface area (Å²) in [5.74, 6) is -0.687. The van der Waals surface area contributed by atoms with Crippen molar-refractivity contribution in [1.29, 1.82) is 0 Å². The lowest BCUT2D eigenvalue weighted by molar-refractivity contribution is -0.117. The molecule has 1 aromatic carbocycles. The lowest BCUT2D eigenvalue weighted by atomic mass is 10.2. The fraction of sp³-hybridized carbons (Fsp3) is 0.200. The van der Waals surface area contributed by atoms with Crippen LogP contribution in [-0.4, -0.2) is 31.8 Å². The van der Waals surface area contributed by atoms with E-state index in [9.17, 15) is 18.0 Å². The highest BCUT2D eigenvalue weighted by molar-refractivity contribution is 9.10. The third-order valence-corrected chi connectivity index (χ3v) is 5.62. The van der Waals surface area contributed by atoms with Crippen molar-refractivity contribution < 1.29 is 18.0 Å². The summed E-state index contributed by atoms with van der Waals surface area (Å²) in [4.78, 5) is 27.3. The van der Waals surface area contributed by atoms with Gasteiger partial charge in [-0.3, -0.25) is 15.0 Å². The van der Waals surface area contributed by atoms with Gasteiger partial charge in [0.25, 0.3) is 15.9 Å². The minimum Gasteiger partial charge on any atom is -0.345 e. The molecule has 0 saturated carbocycles. The molecule has 8 nitrogen and oxygen atoms in total. The molecule has 0 aliphatic carbocycles. The van der Waals surface area contributed by atoms with E-state index in [1.165, 1.54) is 17.0 Å². The van der Waals surface area contributed by atoms with Gasteiger partial charge in [-0.2, -0.15) is 0 Å². The van der Waals surface area contributed by atoms with E-state index in [-0.39, 0.29) is 22.9 Å². The van der Waals surface area contributed by atoms with E-state index in [1.807, 2.05) is 0 Å². The minimum absolute atomic E-state index is 0.0253. The number of nitrogens with zero attached hydrogens (tertiary/aromatic N) is 2. The molecule has 0 bridgehead atoms. The van der Waals surface area contributed by atoms with Crippen molar-refractivity contribution in [2.75, 3.05) is 11.9 Å². The van der Waals surface area contributed by atoms with Crippen LogP contribution >= 0.6 is 15.9 Å². The standard InChI is InChI=1S/C15H15BrN4O4S/c1-19-8-10(16)7-13(19)15(22)17-18-25(23,24)11-3-4-12-9(5-11)6-14(21)20(12)2/h3-5,7-8,18H,6H2,1-2H3,(H,17,22). The van der Waals surface area contributed by atoms with Crippen LogP contribution in [0.15, 0.2) is 39.8 Å². The SMILES string of the molecule is CN1C(=O)Cc2cc(S(=O)(=O)NNC(=O)c3cc(Br)cn3C)ccc21. The highest BCUT2D eigenvalue weighted by Gasteiger charge is 2.26. The maximum Gasteiger partial charge on any atom is 0.282 e. The molecule has 3 rings (SSSR count). The Morgan fingerprint density at radius 2 is 1.96 bits per heavy atom. The lowest BCUT2D eigenvalue weighted by Gasteiger charge is -2.12. The van der Waals surface area contributed by atoms with Crippen LogP contribution in [0.3, 0.4) is 0 Å². The predicted molar refractivity (Wildman–Crippen MR) is 94.5 cm³/mol. The average Bonchev–Trinajstić information content (AvgIpc) is 3.04. The van der Waals surface area contributed by atoms with Gasteiger partial charge in [0, 0.05) is 30.5 Å². The fourth-order valence-corrected chi connectivity index (χ4v) is 4.01. The first-order chi connectivity index (χ1) is 11.7. The van der Waals surface area contributed by atoms with Crippen molar-refractivity contribution in [3.63, 3.8) is 0 Å². The van der Waals surface area contributed by atoms with Crippen LogP contribution in [0.5, 0.6) is 0 Å². The average molecular weight is 427 g/mol. The Balaban J connectivity index is 1.77. The summed E-state index contributed by atoms with van der Waals surface area (Å²) in [7, 11) is -0.652. The molecule has 0 spiro atoms. The Labute approximate surface area is 153 Å². The van der Waals surface area contributed by atoms with Gasteiger partial charge >= 0.3 is 0 Å². The highest BCUT2D eigenvalue weighted by atomic mass is 79.9. The number of nitrogens with one attached hydrogen (secondary N) is 2. The van der Waals surface area contributed by atoms with Gasteiger partial charge in [0.2, 0.25) is 5.91 Å². The molecular weight excluding hydrogens is 412 g/mol. The Morgan fingerprint density at radius 1 is 1.24 bits per heavy atom. The Morgan fingerprint density at radius 3 is 2.60 bits per heavy atom. The predicted octanol–water partition coefficient (Wildman–Crippen LogP) is 0.930. The molecule has 1 aliphatic heterocycles. The van der Waals surface area contributed by atoms with Crippen molar-refractivity contribution in [2.45, 2.75) is 11.3 Å². The summed E-state index contributed by atoms with van der Waals surface area (Å²) in [6.07, 6.45) is 1.83. The highest BCUT2D eigenvalue weighted by Crippen LogP contribution is 2.29. The van der Waals surface area contributed by atoms with Crippen molar-refractivity contribution in [3.8, 4) is 0 Å². The summed E-state index contributed by atoms with van der Waals surface area (Å²) in [5, 5.41) is 0. The number of hydrazine groups is 1. The van der Waals surface area contributed by atoms with Gasteiger partial charge < -0.3 is 9.47 Å². The molecule has 1 aromatic heterocycles. The van der Waals surface area contributed by atoms with Gasteiger partial charge in [-0.25, -0.2) is 8.42 Å². The third kappa shape index (κ3) is 3.32. The summed E-state index contributed by atoms with van der Waals surface area (Å²) in [6.45, 7) is 0. The molecule has 0 saturated heterocycles. The zero-order valence-electron chi connectivity index (χ0n) is 13.4. The topological polar surface area (TPSA) is 101 Å². The molecule has 25 heavy (non-hydrogen) atoms. The first-order valence-electron chi connectivity index (χ1n) is 7.22. The number of benzene rings is 1. The van der Waals surface area contributed by atoms with Gasteiger partial charge in [-0.15, -0.1) is 4.83 Å². The largest absolute Gasteiger partial charge is 0.345 e. The number of carbonyl (C=O) groups excluding carboxylic acids is 2. The fourth-order valence-electron chi connectivity index (χ4n) is 2.60. The van der Waals surface area contributed by atoms with Crippen LogP contribution in [0.4, 0.5) is 5.69 Å². The number of amides is 2. The monoisotopic (exact) mass is 426 g/mol. The van der Waals surface area contributed by atoms with E-state index in [0.29, 0.717) is 15.7 Å². The summed E-state index contributed by atoms with van der Waals surface area (Å²) >= 11 is 3.25. The number of likely N-dealkylation sites (N-methyl/N-ethyl adjacent to an activating group) is 1. The number of fused-ring (bicyclic) bond motifs is 1. The molecule has 0 unspecified atom stereocenters. The molecule has 0 fully saturated rings. The molecule has 0 radical (unpaired) electrons. The van der Waals surface area contributed by atoms with Crippen molar-refractivity contribution in [2.24, 2.45) is 7.05 Å². The number of aromatic nitrogens is 1. The molecule has 2 aromatic rings. The lowest BCUT2D eigenvalue weighted by Crippen LogP contribution is -2.42. The summed E-state index contributed by atoms with van der Waals surface area (Å²) in [5.41, 5.74) is 3.78. The van der Waals surface area contributed by atoms with E-state index in [2.05, 4.69) is 26.2 Å².